The second-order valence-corrected chi connectivity index (χ2v) is 6.72. The molecule has 0 amide bonds. The summed E-state index contributed by atoms with van der Waals surface area (Å²) in [5, 5.41) is 10.8. The maximum Gasteiger partial charge on any atom is 0.416 e. The summed E-state index contributed by atoms with van der Waals surface area (Å²) in [4.78, 5) is 10.5. The fraction of sp³-hybridized carbons (Fsp3) is 0.200. The van der Waals surface area contributed by atoms with Crippen molar-refractivity contribution in [1.29, 1.82) is 0 Å². The fourth-order valence-corrected chi connectivity index (χ4v) is 2.85. The molecule has 0 aliphatic heterocycles. The molecule has 10 heteroatoms. The minimum atomic E-state index is -4.51. The Kier molecular flexibility index (Phi) is 6.47. The van der Waals surface area contributed by atoms with Crippen LogP contribution < -0.4 is 4.74 Å². The van der Waals surface area contributed by atoms with Crippen molar-refractivity contribution in [3.8, 4) is 11.5 Å². The van der Waals surface area contributed by atoms with Crippen LogP contribution in [0.25, 0.3) is 0 Å². The Labute approximate surface area is 155 Å². The first-order valence-corrected chi connectivity index (χ1v) is 9.22. The van der Waals surface area contributed by atoms with Gasteiger partial charge < -0.3 is 4.74 Å². The zero-order valence-electron chi connectivity index (χ0n) is 12.4. The van der Waals surface area contributed by atoms with Crippen molar-refractivity contribution in [1.82, 2.24) is 0 Å². The summed E-state index contributed by atoms with van der Waals surface area (Å²) in [5.41, 5.74) is -0.514. The van der Waals surface area contributed by atoms with Gasteiger partial charge in [-0.2, -0.15) is 13.2 Å². The van der Waals surface area contributed by atoms with E-state index in [4.69, 9.17) is 16.3 Å². The van der Waals surface area contributed by atoms with Crippen LogP contribution in [-0.4, -0.2) is 10.7 Å². The topological polar surface area (TPSA) is 52.4 Å². The van der Waals surface area contributed by atoms with Crippen LogP contribution in [-0.2, 0) is 12.6 Å². The standard InChI is InChI=1S/C15H11ClF3NO3S2/c16-12-8-10(15(17,18)19)1-4-14(12)23-11-2-3-13(20(21)22)9(7-11)5-6-25-24/h1-4,7-8,24H,5-6H2. The summed E-state index contributed by atoms with van der Waals surface area (Å²) < 4.78 is 43.4. The number of nitro groups is 1. The van der Waals surface area contributed by atoms with Crippen molar-refractivity contribution in [2.45, 2.75) is 12.6 Å². The van der Waals surface area contributed by atoms with Crippen LogP contribution in [0.4, 0.5) is 18.9 Å². The Balaban J connectivity index is 2.29. The number of nitro benzene ring substituents is 1. The Morgan fingerprint density at radius 2 is 1.96 bits per heavy atom. The summed E-state index contributed by atoms with van der Waals surface area (Å²) >= 11 is 9.84. The highest BCUT2D eigenvalue weighted by Gasteiger charge is 2.31. The number of alkyl halides is 3. The van der Waals surface area contributed by atoms with Crippen molar-refractivity contribution in [2.75, 3.05) is 5.75 Å². The number of aryl methyl sites for hydroxylation is 1. The van der Waals surface area contributed by atoms with E-state index in [1.54, 1.807) is 0 Å². The van der Waals surface area contributed by atoms with Gasteiger partial charge in [-0.1, -0.05) is 22.4 Å². The van der Waals surface area contributed by atoms with E-state index >= 15 is 0 Å². The molecule has 0 aliphatic rings. The molecule has 2 aromatic rings. The number of thiol groups is 1. The number of halogens is 4. The Hall–Kier alpha value is -1.58. The molecule has 0 radical (unpaired) electrons. The molecule has 25 heavy (non-hydrogen) atoms. The van der Waals surface area contributed by atoms with Gasteiger partial charge in [0.15, 0.2) is 0 Å². The number of rotatable bonds is 6. The van der Waals surface area contributed by atoms with Crippen LogP contribution >= 0.6 is 34.1 Å². The quantitative estimate of drug-likeness (QED) is 0.268. The smallest absolute Gasteiger partial charge is 0.416 e. The Morgan fingerprint density at radius 1 is 1.24 bits per heavy atom. The van der Waals surface area contributed by atoms with Gasteiger partial charge >= 0.3 is 6.18 Å². The molecule has 0 N–H and O–H groups in total. The summed E-state index contributed by atoms with van der Waals surface area (Å²) in [5.74, 6) is 0.818. The highest BCUT2D eigenvalue weighted by atomic mass is 35.5. The number of ether oxygens (including phenoxy) is 1. The average molecular weight is 410 g/mol. The lowest BCUT2D eigenvalue weighted by Crippen LogP contribution is -2.04. The summed E-state index contributed by atoms with van der Waals surface area (Å²) in [6.45, 7) is 0. The zero-order valence-corrected chi connectivity index (χ0v) is 14.9. The number of nitrogens with zero attached hydrogens (tertiary/aromatic N) is 1. The minimum Gasteiger partial charge on any atom is -0.456 e. The van der Waals surface area contributed by atoms with Crippen molar-refractivity contribution in [3.63, 3.8) is 0 Å². The van der Waals surface area contributed by atoms with Crippen molar-refractivity contribution in [3.05, 3.63) is 62.7 Å². The van der Waals surface area contributed by atoms with Crippen LogP contribution in [0.2, 0.25) is 5.02 Å². The lowest BCUT2D eigenvalue weighted by molar-refractivity contribution is -0.385. The molecule has 0 spiro atoms. The Morgan fingerprint density at radius 3 is 2.52 bits per heavy atom. The molecule has 0 saturated carbocycles. The molecule has 2 rings (SSSR count). The van der Waals surface area contributed by atoms with E-state index in [0.717, 1.165) is 18.2 Å². The molecular formula is C15H11ClF3NO3S2. The van der Waals surface area contributed by atoms with Gasteiger partial charge in [0.05, 0.1) is 15.5 Å². The van der Waals surface area contributed by atoms with Gasteiger partial charge in [0.1, 0.15) is 11.5 Å². The zero-order chi connectivity index (χ0) is 18.6. The highest BCUT2D eigenvalue weighted by molar-refractivity contribution is 8.68. The molecule has 0 heterocycles. The van der Waals surface area contributed by atoms with E-state index in [2.05, 4.69) is 11.7 Å². The van der Waals surface area contributed by atoms with Gasteiger partial charge in [0, 0.05) is 17.4 Å². The maximum absolute atomic E-state index is 12.6. The highest BCUT2D eigenvalue weighted by Crippen LogP contribution is 2.37. The lowest BCUT2D eigenvalue weighted by atomic mass is 10.1. The number of benzene rings is 2. The third-order valence-electron chi connectivity index (χ3n) is 3.20. The molecular weight excluding hydrogens is 399 g/mol. The second-order valence-electron chi connectivity index (χ2n) is 4.88. The van der Waals surface area contributed by atoms with Crippen LogP contribution in [0.3, 0.4) is 0 Å². The summed E-state index contributed by atoms with van der Waals surface area (Å²) in [6.07, 6.45) is -4.12. The summed E-state index contributed by atoms with van der Waals surface area (Å²) in [6, 6.07) is 6.84. The molecule has 0 atom stereocenters. The van der Waals surface area contributed by atoms with Crippen LogP contribution in [0, 0.1) is 10.1 Å². The summed E-state index contributed by atoms with van der Waals surface area (Å²) in [7, 11) is 1.24. The molecule has 0 saturated heterocycles. The molecule has 0 fully saturated rings. The van der Waals surface area contributed by atoms with E-state index in [0.29, 0.717) is 17.7 Å². The van der Waals surface area contributed by atoms with E-state index in [9.17, 15) is 23.3 Å². The monoisotopic (exact) mass is 409 g/mol. The number of hydrogen-bond acceptors (Lipinski definition) is 5. The van der Waals surface area contributed by atoms with Crippen molar-refractivity contribution < 1.29 is 22.8 Å². The molecule has 134 valence electrons. The molecule has 0 aromatic heterocycles. The third kappa shape index (κ3) is 5.20. The van der Waals surface area contributed by atoms with Crippen LogP contribution in [0.1, 0.15) is 11.1 Å². The Bertz CT molecular complexity index is 787. The molecule has 0 aliphatic carbocycles. The van der Waals surface area contributed by atoms with E-state index in [1.165, 1.54) is 29.0 Å². The van der Waals surface area contributed by atoms with E-state index in [1.807, 2.05) is 0 Å². The predicted molar refractivity (Wildman–Crippen MR) is 94.8 cm³/mol. The maximum atomic E-state index is 12.6. The fourth-order valence-electron chi connectivity index (χ4n) is 2.05. The van der Waals surface area contributed by atoms with Gasteiger partial charge in [-0.3, -0.25) is 10.1 Å². The van der Waals surface area contributed by atoms with E-state index < -0.39 is 16.7 Å². The van der Waals surface area contributed by atoms with Gasteiger partial charge in [0.2, 0.25) is 0 Å². The second kappa shape index (κ2) is 8.20. The molecule has 0 bridgehead atoms. The van der Waals surface area contributed by atoms with Gasteiger partial charge in [-0.05, 0) is 36.8 Å². The first-order valence-electron chi connectivity index (χ1n) is 6.80. The first-order chi connectivity index (χ1) is 11.7. The third-order valence-corrected chi connectivity index (χ3v) is 4.43. The SMILES string of the molecule is O=[N+]([O-])c1ccc(Oc2ccc(C(F)(F)F)cc2Cl)cc1CCSS. The average Bonchev–Trinajstić information content (AvgIpc) is 2.53. The predicted octanol–water partition coefficient (Wildman–Crippen LogP) is 6.18. The van der Waals surface area contributed by atoms with Crippen LogP contribution in [0.5, 0.6) is 11.5 Å². The van der Waals surface area contributed by atoms with Crippen LogP contribution in [0.15, 0.2) is 36.4 Å². The largest absolute Gasteiger partial charge is 0.456 e. The molecule has 4 nitrogen and oxygen atoms in total. The molecule has 2 aromatic carbocycles. The normalized spacial score (nSPS) is 11.4. The first kappa shape index (κ1) is 19.7. The minimum absolute atomic E-state index is 0.0260. The molecule has 0 unspecified atom stereocenters. The van der Waals surface area contributed by atoms with Gasteiger partial charge in [-0.25, -0.2) is 0 Å². The lowest BCUT2D eigenvalue weighted by Gasteiger charge is -2.12. The van der Waals surface area contributed by atoms with Crippen molar-refractivity contribution >= 4 is 39.7 Å². The van der Waals surface area contributed by atoms with Crippen molar-refractivity contribution in [2.24, 2.45) is 0 Å². The number of hydrogen-bond donors (Lipinski definition) is 1. The van der Waals surface area contributed by atoms with Gasteiger partial charge in [-0.15, -0.1) is 11.7 Å². The van der Waals surface area contributed by atoms with E-state index in [-0.39, 0.29) is 22.2 Å². The van der Waals surface area contributed by atoms with Gasteiger partial charge in [0.25, 0.3) is 5.69 Å².